The zero-order chi connectivity index (χ0) is 19.3. The van der Waals surface area contributed by atoms with Gasteiger partial charge >= 0.3 is 0 Å². The van der Waals surface area contributed by atoms with E-state index in [2.05, 4.69) is 41.6 Å². The number of carbonyl (C=O) groups is 1. The van der Waals surface area contributed by atoms with Crippen LogP contribution in [-0.2, 0) is 25.0 Å². The van der Waals surface area contributed by atoms with E-state index in [9.17, 15) is 4.79 Å². The molecule has 0 aliphatic rings. The summed E-state index contributed by atoms with van der Waals surface area (Å²) in [6.45, 7) is 8.26. The second-order valence-electron chi connectivity index (χ2n) is 7.59. The number of amides is 1. The molecule has 3 N–H and O–H groups in total. The van der Waals surface area contributed by atoms with Crippen LogP contribution in [0.4, 0.5) is 0 Å². The molecule has 1 aromatic carbocycles. The maximum Gasteiger partial charge on any atom is 0.251 e. The number of aromatic amines is 1. The van der Waals surface area contributed by atoms with E-state index in [1.165, 1.54) is 0 Å². The van der Waals surface area contributed by atoms with Gasteiger partial charge in [0.25, 0.3) is 5.91 Å². The maximum absolute atomic E-state index is 12.3. The number of nitrogens with one attached hydrogen (secondary N) is 3. The molecule has 1 amide bonds. The fourth-order valence-corrected chi connectivity index (χ4v) is 2.94. The molecule has 3 aromatic rings. The molecule has 6 heteroatoms. The predicted molar refractivity (Wildman–Crippen MR) is 104 cm³/mol. The predicted octanol–water partition coefficient (Wildman–Crippen LogP) is 3.52. The standard InChI is InChI=1S/C21H26N4O2/c1-21(2,3)19-17(13-24-25-19)12-22-11-15-6-4-7-16(10-15)20(26)23-14-18-8-5-9-27-18/h4-10,13,22H,11-12,14H2,1-3H3,(H,23,26)(H,24,25). The summed E-state index contributed by atoms with van der Waals surface area (Å²) in [6, 6.07) is 11.3. The number of hydrogen-bond donors (Lipinski definition) is 3. The van der Waals surface area contributed by atoms with Crippen LogP contribution >= 0.6 is 0 Å². The number of hydrogen-bond acceptors (Lipinski definition) is 4. The first-order valence-electron chi connectivity index (χ1n) is 9.06. The summed E-state index contributed by atoms with van der Waals surface area (Å²) in [5, 5.41) is 13.6. The molecule has 0 unspecified atom stereocenters. The number of nitrogens with zero attached hydrogens (tertiary/aromatic N) is 1. The lowest BCUT2D eigenvalue weighted by molar-refractivity contribution is 0.0948. The van der Waals surface area contributed by atoms with Crippen molar-refractivity contribution in [3.63, 3.8) is 0 Å². The van der Waals surface area contributed by atoms with Crippen LogP contribution in [0.25, 0.3) is 0 Å². The van der Waals surface area contributed by atoms with Crippen LogP contribution in [-0.4, -0.2) is 16.1 Å². The average Bonchev–Trinajstić information content (AvgIpc) is 3.31. The van der Waals surface area contributed by atoms with Gasteiger partial charge in [0, 0.05) is 35.3 Å². The van der Waals surface area contributed by atoms with Gasteiger partial charge < -0.3 is 15.1 Å². The number of furan rings is 1. The van der Waals surface area contributed by atoms with Crippen molar-refractivity contribution in [2.75, 3.05) is 0 Å². The van der Waals surface area contributed by atoms with E-state index in [-0.39, 0.29) is 11.3 Å². The number of H-pyrrole nitrogens is 1. The van der Waals surface area contributed by atoms with Crippen molar-refractivity contribution in [3.8, 4) is 0 Å². The van der Waals surface area contributed by atoms with E-state index in [0.29, 0.717) is 18.7 Å². The second kappa shape index (κ2) is 8.22. The van der Waals surface area contributed by atoms with Gasteiger partial charge in [-0.1, -0.05) is 32.9 Å². The molecule has 2 heterocycles. The highest BCUT2D eigenvalue weighted by Crippen LogP contribution is 2.23. The normalized spacial score (nSPS) is 11.5. The molecular weight excluding hydrogens is 340 g/mol. The van der Waals surface area contributed by atoms with Crippen LogP contribution in [0.15, 0.2) is 53.3 Å². The number of carbonyl (C=O) groups excluding carboxylic acids is 1. The lowest BCUT2D eigenvalue weighted by Crippen LogP contribution is -2.23. The smallest absolute Gasteiger partial charge is 0.251 e. The van der Waals surface area contributed by atoms with Crippen molar-refractivity contribution in [1.82, 2.24) is 20.8 Å². The minimum absolute atomic E-state index is 0.0273. The number of rotatable bonds is 7. The third-order valence-corrected chi connectivity index (χ3v) is 4.30. The summed E-state index contributed by atoms with van der Waals surface area (Å²) in [5.41, 5.74) is 4.02. The summed E-state index contributed by atoms with van der Waals surface area (Å²) in [4.78, 5) is 12.3. The van der Waals surface area contributed by atoms with E-state index in [0.717, 1.165) is 29.1 Å². The van der Waals surface area contributed by atoms with Crippen LogP contribution < -0.4 is 10.6 Å². The fraction of sp³-hybridized carbons (Fsp3) is 0.333. The monoisotopic (exact) mass is 366 g/mol. The molecule has 0 bridgehead atoms. The highest BCUT2D eigenvalue weighted by molar-refractivity contribution is 5.94. The Bertz CT molecular complexity index is 876. The minimum Gasteiger partial charge on any atom is -0.467 e. The van der Waals surface area contributed by atoms with Crippen LogP contribution in [0, 0.1) is 0 Å². The molecule has 2 aromatic heterocycles. The van der Waals surface area contributed by atoms with Crippen LogP contribution in [0.5, 0.6) is 0 Å². The first-order chi connectivity index (χ1) is 12.9. The van der Waals surface area contributed by atoms with Crippen LogP contribution in [0.1, 0.15) is 53.7 Å². The first kappa shape index (κ1) is 18.9. The highest BCUT2D eigenvalue weighted by atomic mass is 16.3. The second-order valence-corrected chi connectivity index (χ2v) is 7.59. The van der Waals surface area contributed by atoms with Crippen molar-refractivity contribution in [3.05, 3.63) is 77.0 Å². The molecule has 0 aliphatic heterocycles. The van der Waals surface area contributed by atoms with Gasteiger partial charge in [-0.2, -0.15) is 5.10 Å². The van der Waals surface area contributed by atoms with E-state index in [1.54, 1.807) is 12.3 Å². The molecule has 0 spiro atoms. The van der Waals surface area contributed by atoms with E-state index < -0.39 is 0 Å². The average molecular weight is 366 g/mol. The Morgan fingerprint density at radius 1 is 1.15 bits per heavy atom. The summed E-state index contributed by atoms with van der Waals surface area (Å²) in [7, 11) is 0. The lowest BCUT2D eigenvalue weighted by atomic mass is 9.89. The molecule has 0 fully saturated rings. The van der Waals surface area contributed by atoms with Gasteiger partial charge in [0.2, 0.25) is 0 Å². The Labute approximate surface area is 159 Å². The van der Waals surface area contributed by atoms with Gasteiger partial charge in [0.1, 0.15) is 5.76 Å². The largest absolute Gasteiger partial charge is 0.467 e. The summed E-state index contributed by atoms with van der Waals surface area (Å²) in [5.74, 6) is 0.619. The first-order valence-corrected chi connectivity index (χ1v) is 9.06. The van der Waals surface area contributed by atoms with Crippen molar-refractivity contribution >= 4 is 5.91 Å². The van der Waals surface area contributed by atoms with Crippen molar-refractivity contribution < 1.29 is 9.21 Å². The maximum atomic E-state index is 12.3. The van der Waals surface area contributed by atoms with Gasteiger partial charge in [0.15, 0.2) is 0 Å². The van der Waals surface area contributed by atoms with Crippen molar-refractivity contribution in [1.29, 1.82) is 0 Å². The van der Waals surface area contributed by atoms with Crippen molar-refractivity contribution in [2.24, 2.45) is 0 Å². The Kier molecular flexibility index (Phi) is 5.76. The van der Waals surface area contributed by atoms with E-state index in [4.69, 9.17) is 4.42 Å². The Morgan fingerprint density at radius 3 is 2.74 bits per heavy atom. The third-order valence-electron chi connectivity index (χ3n) is 4.30. The Morgan fingerprint density at radius 2 is 2.00 bits per heavy atom. The molecule has 0 radical (unpaired) electrons. The van der Waals surface area contributed by atoms with Gasteiger partial charge in [-0.3, -0.25) is 9.89 Å². The molecule has 0 saturated carbocycles. The highest BCUT2D eigenvalue weighted by Gasteiger charge is 2.19. The zero-order valence-corrected chi connectivity index (χ0v) is 16.0. The Hall–Kier alpha value is -2.86. The van der Waals surface area contributed by atoms with E-state index >= 15 is 0 Å². The molecule has 3 rings (SSSR count). The SMILES string of the molecule is CC(C)(C)c1[nH]ncc1CNCc1cccc(C(=O)NCc2ccco2)c1. The number of aromatic nitrogens is 2. The van der Waals surface area contributed by atoms with Gasteiger partial charge in [0.05, 0.1) is 19.0 Å². The Balaban J connectivity index is 1.55. The topological polar surface area (TPSA) is 83.0 Å². The van der Waals surface area contributed by atoms with E-state index in [1.807, 2.05) is 36.5 Å². The zero-order valence-electron chi connectivity index (χ0n) is 16.0. The summed E-state index contributed by atoms with van der Waals surface area (Å²) >= 11 is 0. The van der Waals surface area contributed by atoms with Crippen LogP contribution in [0.2, 0.25) is 0 Å². The molecular formula is C21H26N4O2. The summed E-state index contributed by atoms with van der Waals surface area (Å²) < 4.78 is 5.23. The molecule has 0 atom stereocenters. The molecule has 27 heavy (non-hydrogen) atoms. The van der Waals surface area contributed by atoms with Gasteiger partial charge in [-0.25, -0.2) is 0 Å². The third kappa shape index (κ3) is 5.08. The van der Waals surface area contributed by atoms with Gasteiger partial charge in [-0.05, 0) is 29.8 Å². The number of benzene rings is 1. The lowest BCUT2D eigenvalue weighted by Gasteiger charge is -2.18. The van der Waals surface area contributed by atoms with Crippen molar-refractivity contribution in [2.45, 2.75) is 45.8 Å². The molecule has 0 aliphatic carbocycles. The fourth-order valence-electron chi connectivity index (χ4n) is 2.94. The molecule has 142 valence electrons. The quantitative estimate of drug-likeness (QED) is 0.597. The minimum atomic E-state index is -0.113. The van der Waals surface area contributed by atoms with Crippen LogP contribution in [0.3, 0.4) is 0 Å². The molecule has 0 saturated heterocycles. The van der Waals surface area contributed by atoms with Gasteiger partial charge in [-0.15, -0.1) is 0 Å². The summed E-state index contributed by atoms with van der Waals surface area (Å²) in [6.07, 6.45) is 3.46. The molecule has 6 nitrogen and oxygen atoms in total.